The summed E-state index contributed by atoms with van der Waals surface area (Å²) in [7, 11) is 0. The molecule has 0 fully saturated rings. The van der Waals surface area contributed by atoms with Crippen LogP contribution in [0.1, 0.15) is 45.3 Å². The minimum Gasteiger partial charge on any atom is -0.481 e. The fourth-order valence-corrected chi connectivity index (χ4v) is 3.35. The second-order valence-corrected chi connectivity index (χ2v) is 7.22. The molecule has 0 radical (unpaired) electrons. The van der Waals surface area contributed by atoms with E-state index in [-0.39, 0.29) is 23.9 Å². The summed E-state index contributed by atoms with van der Waals surface area (Å²) in [5, 5.41) is 34.8. The quantitative estimate of drug-likeness (QED) is 0.388. The second kappa shape index (κ2) is 7.77. The number of hydrogen-bond acceptors (Lipinski definition) is 9. The van der Waals surface area contributed by atoms with Gasteiger partial charge in [-0.25, -0.2) is 0 Å². The first-order chi connectivity index (χ1) is 14.5. The summed E-state index contributed by atoms with van der Waals surface area (Å²) >= 11 is 0. The highest BCUT2D eigenvalue weighted by Gasteiger charge is 2.40. The van der Waals surface area contributed by atoms with E-state index < -0.39 is 25.1 Å². The molecule has 2 heterocycles. The highest BCUT2D eigenvalue weighted by atomic mass is 16.8. The van der Waals surface area contributed by atoms with Gasteiger partial charge in [0.15, 0.2) is 11.4 Å². The number of fused-ring (bicyclic) bond motifs is 1. The molecule has 4 rings (SSSR count). The maximum Gasteiger partial charge on any atom is 0.293 e. The van der Waals surface area contributed by atoms with Crippen molar-refractivity contribution in [1.29, 1.82) is 0 Å². The fourth-order valence-electron chi connectivity index (χ4n) is 3.35. The maximum absolute atomic E-state index is 12.6. The molecule has 0 saturated carbocycles. The highest BCUT2D eigenvalue weighted by Crippen LogP contribution is 2.36. The minimum absolute atomic E-state index is 0.136. The average molecular weight is 412 g/mol. The van der Waals surface area contributed by atoms with Crippen molar-refractivity contribution in [3.05, 3.63) is 64.2 Å². The number of carbonyl (C=O) groups excluding carboxylic acids is 1. The lowest BCUT2D eigenvalue weighted by Crippen LogP contribution is -2.48. The second-order valence-electron chi connectivity index (χ2n) is 7.22. The molecular formula is C21H20N2O7. The molecule has 2 aromatic rings. The lowest BCUT2D eigenvalue weighted by molar-refractivity contribution is -0.0507. The van der Waals surface area contributed by atoms with Crippen molar-refractivity contribution in [3.63, 3.8) is 0 Å². The number of aliphatic hydroxyl groups excluding tert-OH is 2. The van der Waals surface area contributed by atoms with Crippen LogP contribution in [0.15, 0.2) is 46.7 Å². The first kappa shape index (κ1) is 19.9. The molecule has 0 saturated heterocycles. The third kappa shape index (κ3) is 3.49. The van der Waals surface area contributed by atoms with Crippen molar-refractivity contribution in [2.24, 2.45) is 10.3 Å². The topological polar surface area (TPSA) is 130 Å². The Balaban J connectivity index is 1.55. The van der Waals surface area contributed by atoms with Crippen LogP contribution in [0.3, 0.4) is 0 Å². The van der Waals surface area contributed by atoms with Crippen LogP contribution in [0.4, 0.5) is 0 Å². The van der Waals surface area contributed by atoms with Crippen molar-refractivity contribution < 1.29 is 34.5 Å². The number of Topliss-reactive ketones (excluding diaryl/α,β-unsaturated/α-hetero) is 1. The first-order valence-electron chi connectivity index (χ1n) is 9.25. The number of ketones is 1. The van der Waals surface area contributed by atoms with Crippen LogP contribution in [-0.2, 0) is 9.57 Å². The van der Waals surface area contributed by atoms with E-state index in [9.17, 15) is 15.0 Å². The number of ether oxygens (including phenoxy) is 2. The largest absolute Gasteiger partial charge is 0.481 e. The summed E-state index contributed by atoms with van der Waals surface area (Å²) in [5.74, 6) is 0.281. The van der Waals surface area contributed by atoms with Crippen LogP contribution in [0.25, 0.3) is 0 Å². The van der Waals surface area contributed by atoms with Gasteiger partial charge < -0.3 is 29.7 Å². The fraction of sp³-hybridized carbons (Fsp3) is 0.286. The number of aryl methyl sites for hydroxylation is 1. The van der Waals surface area contributed by atoms with Crippen molar-refractivity contribution in [1.82, 2.24) is 0 Å². The SMILES string of the molecule is Cc1ccc(C2=NOC(c3ccc4c(c3)C(=O)CC(CO)(CO)O4)O2)cc1/C=N\O. The van der Waals surface area contributed by atoms with Gasteiger partial charge in [-0.3, -0.25) is 4.79 Å². The van der Waals surface area contributed by atoms with Gasteiger partial charge in [0.1, 0.15) is 5.75 Å². The van der Waals surface area contributed by atoms with E-state index in [4.69, 9.17) is 19.5 Å². The number of hydrogen-bond donors (Lipinski definition) is 3. The summed E-state index contributed by atoms with van der Waals surface area (Å²) in [6, 6.07) is 10.2. The van der Waals surface area contributed by atoms with Crippen LogP contribution in [0.2, 0.25) is 0 Å². The molecule has 2 aliphatic heterocycles. The molecule has 0 bridgehead atoms. The number of benzene rings is 2. The Kier molecular flexibility index (Phi) is 5.15. The predicted molar refractivity (Wildman–Crippen MR) is 105 cm³/mol. The summed E-state index contributed by atoms with van der Waals surface area (Å²) < 4.78 is 11.5. The van der Waals surface area contributed by atoms with Crippen LogP contribution in [0.5, 0.6) is 5.75 Å². The van der Waals surface area contributed by atoms with Gasteiger partial charge in [0.05, 0.1) is 31.4 Å². The molecule has 30 heavy (non-hydrogen) atoms. The molecule has 3 N–H and O–H groups in total. The van der Waals surface area contributed by atoms with Gasteiger partial charge in [-0.2, -0.15) is 0 Å². The van der Waals surface area contributed by atoms with E-state index >= 15 is 0 Å². The Morgan fingerprint density at radius 3 is 2.77 bits per heavy atom. The zero-order valence-corrected chi connectivity index (χ0v) is 16.1. The zero-order chi connectivity index (χ0) is 21.3. The molecule has 0 aliphatic carbocycles. The van der Waals surface area contributed by atoms with Gasteiger partial charge in [0.25, 0.3) is 12.2 Å². The van der Waals surface area contributed by atoms with Crippen molar-refractivity contribution in [3.8, 4) is 5.75 Å². The standard InChI is InChI=1S/C21H20N2O7/c1-12-2-3-13(6-15(12)9-22-27)19-23-30-20(28-19)14-4-5-18-16(7-14)17(26)8-21(10-24,11-25)29-18/h2-7,9,20,24-25,27H,8,10-11H2,1H3/b22-9-. The highest BCUT2D eigenvalue weighted by molar-refractivity contribution is 6.00. The van der Waals surface area contributed by atoms with Crippen LogP contribution in [-0.4, -0.2) is 52.1 Å². The van der Waals surface area contributed by atoms with E-state index in [1.54, 1.807) is 24.3 Å². The van der Waals surface area contributed by atoms with Crippen LogP contribution < -0.4 is 4.74 Å². The lowest BCUT2D eigenvalue weighted by atomic mass is 9.90. The smallest absolute Gasteiger partial charge is 0.293 e. The predicted octanol–water partition coefficient (Wildman–Crippen LogP) is 1.90. The van der Waals surface area contributed by atoms with Gasteiger partial charge in [0.2, 0.25) is 0 Å². The number of rotatable bonds is 5. The lowest BCUT2D eigenvalue weighted by Gasteiger charge is -2.35. The molecule has 2 aromatic carbocycles. The molecular weight excluding hydrogens is 392 g/mol. The van der Waals surface area contributed by atoms with Crippen LogP contribution in [0, 0.1) is 6.92 Å². The number of carbonyl (C=O) groups is 1. The Morgan fingerprint density at radius 2 is 2.03 bits per heavy atom. The monoisotopic (exact) mass is 412 g/mol. The molecule has 2 aliphatic rings. The molecule has 9 nitrogen and oxygen atoms in total. The van der Waals surface area contributed by atoms with E-state index in [2.05, 4.69) is 10.3 Å². The number of nitrogens with zero attached hydrogens (tertiary/aromatic N) is 2. The van der Waals surface area contributed by atoms with Gasteiger partial charge >= 0.3 is 0 Å². The number of oxime groups is 2. The Hall–Kier alpha value is -3.43. The molecule has 0 amide bonds. The van der Waals surface area contributed by atoms with Gasteiger partial charge in [-0.1, -0.05) is 11.2 Å². The van der Waals surface area contributed by atoms with Crippen LogP contribution >= 0.6 is 0 Å². The Bertz CT molecular complexity index is 1040. The van der Waals surface area contributed by atoms with Gasteiger partial charge in [0, 0.05) is 11.1 Å². The summed E-state index contributed by atoms with van der Waals surface area (Å²) in [6.07, 6.45) is 0.334. The maximum atomic E-state index is 12.6. The summed E-state index contributed by atoms with van der Waals surface area (Å²) in [6.45, 7) is 0.940. The number of aliphatic hydroxyl groups is 2. The van der Waals surface area contributed by atoms with E-state index in [1.807, 2.05) is 19.1 Å². The van der Waals surface area contributed by atoms with Gasteiger partial charge in [-0.05, 0) is 53.5 Å². The van der Waals surface area contributed by atoms with E-state index in [0.29, 0.717) is 22.3 Å². The Morgan fingerprint density at radius 1 is 1.23 bits per heavy atom. The zero-order valence-electron chi connectivity index (χ0n) is 16.1. The molecule has 9 heteroatoms. The minimum atomic E-state index is -1.32. The molecule has 1 atom stereocenters. The van der Waals surface area contributed by atoms with E-state index in [1.165, 1.54) is 6.21 Å². The molecule has 156 valence electrons. The van der Waals surface area contributed by atoms with Crippen molar-refractivity contribution >= 4 is 17.9 Å². The first-order valence-corrected chi connectivity index (χ1v) is 9.25. The molecule has 0 spiro atoms. The molecule has 0 aromatic heterocycles. The average Bonchev–Trinajstić information content (AvgIpc) is 3.25. The normalized spacial score (nSPS) is 19.6. The van der Waals surface area contributed by atoms with Gasteiger partial charge in [-0.15, -0.1) is 0 Å². The summed E-state index contributed by atoms with van der Waals surface area (Å²) in [5.41, 5.74) is 1.84. The Labute approximate surface area is 171 Å². The molecule has 1 unspecified atom stereocenters. The summed E-state index contributed by atoms with van der Waals surface area (Å²) in [4.78, 5) is 18.0. The van der Waals surface area contributed by atoms with Crippen molar-refractivity contribution in [2.75, 3.05) is 13.2 Å². The van der Waals surface area contributed by atoms with Crippen molar-refractivity contribution in [2.45, 2.75) is 25.2 Å². The third-order valence-electron chi connectivity index (χ3n) is 5.13. The van der Waals surface area contributed by atoms with E-state index in [0.717, 1.165) is 5.56 Å². The third-order valence-corrected chi connectivity index (χ3v) is 5.13.